The Morgan fingerprint density at radius 1 is 1.26 bits per heavy atom. The number of carbonyl (C=O) groups excluding carboxylic acids is 3. The molecule has 1 aromatic rings. The van der Waals surface area contributed by atoms with E-state index in [2.05, 4.69) is 10.7 Å². The van der Waals surface area contributed by atoms with Crippen molar-refractivity contribution in [2.45, 2.75) is 0 Å². The lowest BCUT2D eigenvalue weighted by Gasteiger charge is -2.14. The van der Waals surface area contributed by atoms with Crippen LogP contribution in [0.1, 0.15) is 10.4 Å². The van der Waals surface area contributed by atoms with Gasteiger partial charge in [0.05, 0.1) is 0 Å². The lowest BCUT2D eigenvalue weighted by Crippen LogP contribution is -2.44. The third-order valence-corrected chi connectivity index (χ3v) is 2.66. The molecule has 2 heterocycles. The van der Waals surface area contributed by atoms with E-state index in [0.717, 1.165) is 5.01 Å². The number of fused-ring (bicyclic) bond motifs is 1. The maximum absolute atomic E-state index is 11.9. The van der Waals surface area contributed by atoms with E-state index in [1.165, 1.54) is 6.07 Å². The highest BCUT2D eigenvalue weighted by molar-refractivity contribution is 6.04. The van der Waals surface area contributed by atoms with Crippen molar-refractivity contribution in [2.24, 2.45) is 0 Å². The molecule has 98 valence electrons. The van der Waals surface area contributed by atoms with Crippen LogP contribution < -0.4 is 20.2 Å². The SMILES string of the molecule is O=C1CN(NC(=O)c2ccc3c(c2)OCO3)C(=O)N1. The third-order valence-electron chi connectivity index (χ3n) is 2.66. The van der Waals surface area contributed by atoms with E-state index in [9.17, 15) is 14.4 Å². The standard InChI is InChI=1S/C11H9N3O5/c15-9-4-14(11(17)12-9)13-10(16)6-1-2-7-8(3-6)19-5-18-7/h1-3H,4-5H2,(H,13,16)(H,12,15,17). The molecule has 2 aliphatic rings. The van der Waals surface area contributed by atoms with Crippen molar-refractivity contribution in [1.29, 1.82) is 0 Å². The van der Waals surface area contributed by atoms with Gasteiger partial charge in [-0.15, -0.1) is 0 Å². The number of nitrogens with zero attached hydrogens (tertiary/aromatic N) is 1. The van der Waals surface area contributed by atoms with Crippen molar-refractivity contribution < 1.29 is 23.9 Å². The monoisotopic (exact) mass is 263 g/mol. The summed E-state index contributed by atoms with van der Waals surface area (Å²) in [5.74, 6) is 0.0550. The van der Waals surface area contributed by atoms with Crippen molar-refractivity contribution >= 4 is 17.8 Å². The molecular weight excluding hydrogens is 254 g/mol. The molecule has 0 saturated carbocycles. The number of hydrogen-bond acceptors (Lipinski definition) is 5. The summed E-state index contributed by atoms with van der Waals surface area (Å²) in [4.78, 5) is 34.2. The summed E-state index contributed by atoms with van der Waals surface area (Å²) in [6, 6.07) is 4.00. The second-order valence-corrected chi connectivity index (χ2v) is 3.95. The Hall–Kier alpha value is -2.77. The number of urea groups is 1. The molecular formula is C11H9N3O5. The third kappa shape index (κ3) is 2.03. The number of hydrazine groups is 1. The Labute approximate surface area is 107 Å². The first kappa shape index (κ1) is 11.3. The Morgan fingerprint density at radius 3 is 2.79 bits per heavy atom. The van der Waals surface area contributed by atoms with Gasteiger partial charge in [0, 0.05) is 5.56 Å². The molecule has 0 aliphatic carbocycles. The van der Waals surface area contributed by atoms with Gasteiger partial charge in [0.25, 0.3) is 5.91 Å². The van der Waals surface area contributed by atoms with Gasteiger partial charge in [-0.3, -0.25) is 20.3 Å². The summed E-state index contributed by atoms with van der Waals surface area (Å²) in [6.45, 7) is -0.0848. The zero-order valence-electron chi connectivity index (χ0n) is 9.63. The van der Waals surface area contributed by atoms with Crippen molar-refractivity contribution in [3.8, 4) is 11.5 Å². The lowest BCUT2D eigenvalue weighted by molar-refractivity contribution is -0.118. The van der Waals surface area contributed by atoms with E-state index in [4.69, 9.17) is 9.47 Å². The minimum Gasteiger partial charge on any atom is -0.454 e. The highest BCUT2D eigenvalue weighted by atomic mass is 16.7. The minimum absolute atomic E-state index is 0.115. The van der Waals surface area contributed by atoms with Crippen LogP contribution in [0.4, 0.5) is 4.79 Å². The van der Waals surface area contributed by atoms with Gasteiger partial charge in [-0.25, -0.2) is 9.80 Å². The number of nitrogens with one attached hydrogen (secondary N) is 2. The summed E-state index contributed by atoms with van der Waals surface area (Å²) in [5.41, 5.74) is 2.63. The molecule has 4 amide bonds. The van der Waals surface area contributed by atoms with Gasteiger partial charge in [-0.1, -0.05) is 0 Å². The van der Waals surface area contributed by atoms with Crippen LogP contribution in [0.3, 0.4) is 0 Å². The van der Waals surface area contributed by atoms with E-state index < -0.39 is 17.8 Å². The van der Waals surface area contributed by atoms with Gasteiger partial charge in [0.2, 0.25) is 12.7 Å². The number of hydrogen-bond donors (Lipinski definition) is 2. The maximum Gasteiger partial charge on any atom is 0.343 e. The van der Waals surface area contributed by atoms with Crippen LogP contribution in [0.5, 0.6) is 11.5 Å². The van der Waals surface area contributed by atoms with Crippen LogP contribution in [-0.2, 0) is 4.79 Å². The first-order chi connectivity index (χ1) is 9.13. The fourth-order valence-corrected chi connectivity index (χ4v) is 1.76. The molecule has 0 unspecified atom stereocenters. The fourth-order valence-electron chi connectivity index (χ4n) is 1.76. The summed E-state index contributed by atoms with van der Waals surface area (Å²) in [6.07, 6.45) is 0. The van der Waals surface area contributed by atoms with Gasteiger partial charge in [0.15, 0.2) is 11.5 Å². The van der Waals surface area contributed by atoms with Crippen molar-refractivity contribution in [1.82, 2.24) is 15.8 Å². The number of ether oxygens (including phenoxy) is 2. The van der Waals surface area contributed by atoms with Crippen LogP contribution in [0.2, 0.25) is 0 Å². The Bertz CT molecular complexity index is 586. The average Bonchev–Trinajstić information content (AvgIpc) is 2.95. The zero-order valence-corrected chi connectivity index (χ0v) is 9.63. The first-order valence-electron chi connectivity index (χ1n) is 5.45. The van der Waals surface area contributed by atoms with Crippen LogP contribution >= 0.6 is 0 Å². The molecule has 1 saturated heterocycles. The predicted molar refractivity (Wildman–Crippen MR) is 60.3 cm³/mol. The quantitative estimate of drug-likeness (QED) is 0.708. The normalized spacial score (nSPS) is 16.5. The molecule has 2 N–H and O–H groups in total. The molecule has 19 heavy (non-hydrogen) atoms. The highest BCUT2D eigenvalue weighted by Gasteiger charge is 2.28. The van der Waals surface area contributed by atoms with E-state index in [0.29, 0.717) is 17.1 Å². The molecule has 3 rings (SSSR count). The molecule has 0 bridgehead atoms. The molecule has 8 heteroatoms. The highest BCUT2D eigenvalue weighted by Crippen LogP contribution is 2.32. The fraction of sp³-hybridized carbons (Fsp3) is 0.182. The van der Waals surface area contributed by atoms with Gasteiger partial charge in [0.1, 0.15) is 6.54 Å². The second kappa shape index (κ2) is 4.16. The number of amides is 4. The summed E-state index contributed by atoms with van der Waals surface area (Å²) in [5, 5.41) is 2.97. The van der Waals surface area contributed by atoms with Crippen LogP contribution in [-0.4, -0.2) is 36.2 Å². The number of benzene rings is 1. The van der Waals surface area contributed by atoms with Gasteiger partial charge >= 0.3 is 6.03 Å². The smallest absolute Gasteiger partial charge is 0.343 e. The Balaban J connectivity index is 1.74. The van der Waals surface area contributed by atoms with Crippen molar-refractivity contribution in [3.63, 3.8) is 0 Å². The number of imide groups is 1. The summed E-state index contributed by atoms with van der Waals surface area (Å²) in [7, 11) is 0. The van der Waals surface area contributed by atoms with E-state index >= 15 is 0 Å². The second-order valence-electron chi connectivity index (χ2n) is 3.95. The van der Waals surface area contributed by atoms with Gasteiger partial charge in [-0.05, 0) is 18.2 Å². The molecule has 2 aliphatic heterocycles. The Morgan fingerprint density at radius 2 is 2.05 bits per heavy atom. The van der Waals surface area contributed by atoms with E-state index in [-0.39, 0.29) is 13.3 Å². The molecule has 0 spiro atoms. The predicted octanol–water partition coefficient (Wildman–Crippen LogP) is -0.388. The van der Waals surface area contributed by atoms with E-state index in [1.807, 2.05) is 0 Å². The maximum atomic E-state index is 11.9. The number of rotatable bonds is 2. The van der Waals surface area contributed by atoms with E-state index in [1.54, 1.807) is 12.1 Å². The lowest BCUT2D eigenvalue weighted by atomic mass is 10.2. The Kier molecular flexibility index (Phi) is 2.48. The van der Waals surface area contributed by atoms with Crippen molar-refractivity contribution in [2.75, 3.05) is 13.3 Å². The zero-order chi connectivity index (χ0) is 13.4. The van der Waals surface area contributed by atoms with Crippen molar-refractivity contribution in [3.05, 3.63) is 23.8 Å². The number of carbonyl (C=O) groups is 3. The van der Waals surface area contributed by atoms with Crippen LogP contribution in [0, 0.1) is 0 Å². The molecule has 1 aromatic carbocycles. The topological polar surface area (TPSA) is 97.0 Å². The summed E-state index contributed by atoms with van der Waals surface area (Å²) >= 11 is 0. The van der Waals surface area contributed by atoms with Crippen LogP contribution in [0.25, 0.3) is 0 Å². The molecule has 0 radical (unpaired) electrons. The average molecular weight is 263 g/mol. The minimum atomic E-state index is -0.654. The van der Waals surface area contributed by atoms with Gasteiger partial charge < -0.3 is 9.47 Å². The molecule has 0 atom stereocenters. The summed E-state index contributed by atoms with van der Waals surface area (Å²) < 4.78 is 10.3. The molecule has 8 nitrogen and oxygen atoms in total. The van der Waals surface area contributed by atoms with Gasteiger partial charge in [-0.2, -0.15) is 0 Å². The van der Waals surface area contributed by atoms with Crippen LogP contribution in [0.15, 0.2) is 18.2 Å². The molecule has 0 aromatic heterocycles. The molecule has 1 fully saturated rings. The largest absolute Gasteiger partial charge is 0.454 e. The first-order valence-corrected chi connectivity index (χ1v) is 5.45.